The topological polar surface area (TPSA) is 118 Å². The Bertz CT molecular complexity index is 2190. The van der Waals surface area contributed by atoms with Gasteiger partial charge in [-0.1, -0.05) is 46.7 Å². The molecule has 3 amide bonds. The fourth-order valence-corrected chi connectivity index (χ4v) is 11.7. The zero-order valence-electron chi connectivity index (χ0n) is 27.0. The summed E-state index contributed by atoms with van der Waals surface area (Å²) in [6.45, 7) is 1.77. The van der Waals surface area contributed by atoms with Gasteiger partial charge in [0.25, 0.3) is 5.91 Å². The lowest BCUT2D eigenvalue weighted by molar-refractivity contribution is -0.137. The van der Waals surface area contributed by atoms with E-state index in [1.807, 2.05) is 19.1 Å². The maximum atomic E-state index is 14.1. The fourth-order valence-electron chi connectivity index (χ4n) is 8.49. The summed E-state index contributed by atoms with van der Waals surface area (Å²) in [5, 5.41) is 3.92. The maximum absolute atomic E-state index is 14.1. The first-order chi connectivity index (χ1) is 24.8. The van der Waals surface area contributed by atoms with E-state index >= 15 is 0 Å². The van der Waals surface area contributed by atoms with E-state index in [2.05, 4.69) is 10.3 Å². The van der Waals surface area contributed by atoms with Crippen molar-refractivity contribution < 1.29 is 37.0 Å². The molecule has 3 fully saturated rings. The van der Waals surface area contributed by atoms with Gasteiger partial charge < -0.3 is 19.8 Å². The summed E-state index contributed by atoms with van der Waals surface area (Å²) >= 11 is 14.6. The number of aromatic amines is 1. The van der Waals surface area contributed by atoms with Gasteiger partial charge in [-0.25, -0.2) is 0 Å². The summed E-state index contributed by atoms with van der Waals surface area (Å²) < 4.78 is 52.6. The first-order valence-corrected chi connectivity index (χ1v) is 18.9. The quantitative estimate of drug-likeness (QED) is 0.175. The van der Waals surface area contributed by atoms with Crippen LogP contribution in [0, 0.1) is 29.6 Å². The zero-order chi connectivity index (χ0) is 36.6. The van der Waals surface area contributed by atoms with Crippen LogP contribution in [0.4, 0.5) is 24.5 Å². The smallest absolute Gasteiger partial charge is 0.416 e. The van der Waals surface area contributed by atoms with Gasteiger partial charge in [0.2, 0.25) is 11.8 Å². The number of rotatable bonds is 8. The molecular formula is C36H28Cl2F3N3O6S2. The predicted molar refractivity (Wildman–Crippen MR) is 191 cm³/mol. The van der Waals surface area contributed by atoms with Crippen LogP contribution in [0.1, 0.15) is 35.3 Å². The van der Waals surface area contributed by atoms with Gasteiger partial charge in [0, 0.05) is 21.7 Å². The van der Waals surface area contributed by atoms with Crippen molar-refractivity contribution in [2.24, 2.45) is 29.6 Å². The lowest BCUT2D eigenvalue weighted by atomic mass is 9.68. The van der Waals surface area contributed by atoms with Gasteiger partial charge in [0.1, 0.15) is 0 Å². The minimum absolute atomic E-state index is 0.0863. The number of imide groups is 1. The van der Waals surface area contributed by atoms with E-state index in [1.54, 1.807) is 18.2 Å². The number of alkyl halides is 3. The number of hydrogen-bond donors (Lipinski definition) is 2. The molecule has 2 bridgehead atoms. The van der Waals surface area contributed by atoms with Gasteiger partial charge in [-0.15, -0.1) is 11.8 Å². The van der Waals surface area contributed by atoms with E-state index in [4.69, 9.17) is 32.7 Å². The minimum atomic E-state index is -4.64. The second kappa shape index (κ2) is 13.2. The number of ether oxygens (including phenoxy) is 2. The van der Waals surface area contributed by atoms with E-state index in [0.717, 1.165) is 38.8 Å². The maximum Gasteiger partial charge on any atom is 0.416 e. The summed E-state index contributed by atoms with van der Waals surface area (Å²) in [5.41, 5.74) is 0.228. The number of aromatic nitrogens is 1. The molecule has 0 radical (unpaired) electrons. The molecule has 3 heterocycles. The normalized spacial score (nSPS) is 25.9. The Morgan fingerprint density at radius 2 is 1.73 bits per heavy atom. The number of carbonyl (C=O) groups excluding carboxylic acids is 3. The molecule has 9 nitrogen and oxygen atoms in total. The number of thiazole rings is 1. The highest BCUT2D eigenvalue weighted by Gasteiger charge is 2.69. The molecule has 3 aromatic carbocycles. The number of H-pyrrole nitrogens is 1. The van der Waals surface area contributed by atoms with E-state index in [-0.39, 0.29) is 51.1 Å². The molecule has 7 atom stereocenters. The Morgan fingerprint density at radius 3 is 2.46 bits per heavy atom. The Morgan fingerprint density at radius 1 is 0.962 bits per heavy atom. The Balaban J connectivity index is 1.09. The van der Waals surface area contributed by atoms with E-state index < -0.39 is 41.3 Å². The molecule has 0 spiro atoms. The van der Waals surface area contributed by atoms with Crippen molar-refractivity contribution in [2.75, 3.05) is 23.4 Å². The number of anilines is 2. The predicted octanol–water partition coefficient (Wildman–Crippen LogP) is 7.86. The van der Waals surface area contributed by atoms with Crippen LogP contribution in [0.3, 0.4) is 0 Å². The molecule has 4 aliphatic rings. The van der Waals surface area contributed by atoms with Crippen LogP contribution in [0.5, 0.6) is 11.5 Å². The monoisotopic (exact) mass is 789 g/mol. The molecule has 8 rings (SSSR count). The number of hydrogen-bond acceptors (Lipinski definition) is 8. The first-order valence-electron chi connectivity index (χ1n) is 16.4. The summed E-state index contributed by atoms with van der Waals surface area (Å²) in [6.07, 6.45) is -4.03. The average Bonchev–Trinajstić information content (AvgIpc) is 3.84. The van der Waals surface area contributed by atoms with Crippen molar-refractivity contribution in [3.8, 4) is 11.5 Å². The number of halogens is 5. The molecule has 1 aromatic heterocycles. The molecule has 4 aromatic rings. The van der Waals surface area contributed by atoms with Crippen molar-refractivity contribution in [2.45, 2.75) is 35.7 Å². The van der Waals surface area contributed by atoms with E-state index in [0.29, 0.717) is 40.3 Å². The number of carbonyl (C=O) groups is 3. The molecular weight excluding hydrogens is 762 g/mol. The second-order valence-electron chi connectivity index (χ2n) is 13.1. The summed E-state index contributed by atoms with van der Waals surface area (Å²) in [4.78, 5) is 57.9. The molecule has 2 N–H and O–H groups in total. The number of nitrogens with zero attached hydrogens (tertiary/aromatic N) is 1. The molecule has 4 unspecified atom stereocenters. The van der Waals surface area contributed by atoms with Crippen molar-refractivity contribution in [3.05, 3.63) is 96.4 Å². The summed E-state index contributed by atoms with van der Waals surface area (Å²) in [7, 11) is 0. The Labute approximate surface area is 312 Å². The number of nitrogens with one attached hydrogen (secondary N) is 2. The van der Waals surface area contributed by atoms with Crippen LogP contribution in [0.25, 0.3) is 0 Å². The third-order valence-corrected chi connectivity index (χ3v) is 13.7. The highest BCUT2D eigenvalue weighted by molar-refractivity contribution is 8.00. The number of amides is 3. The van der Waals surface area contributed by atoms with E-state index in [1.165, 1.54) is 30.0 Å². The van der Waals surface area contributed by atoms with Crippen molar-refractivity contribution >= 4 is 75.4 Å². The third kappa shape index (κ3) is 5.87. The molecule has 52 heavy (non-hydrogen) atoms. The SMILES string of the molecule is CCOc1cc([C@H]2c3sc(=O)[nH]c3SC3C2[C@H]2C[C@@H]3C3C(=O)N(c4cccc(C(F)(F)F)c4)C(=O)C32)ccc1OCC(=O)Nc1ccc(Cl)c(Cl)c1. The fraction of sp³-hybridized carbons (Fsp3) is 0.333. The lowest BCUT2D eigenvalue weighted by Gasteiger charge is -2.43. The standard InChI is InChI=1S/C36H28Cl2F3N3O6S2/c1-2-49-24-10-15(6-9-23(24)50-14-25(45)42-17-7-8-21(37)22(38)12-17)26-27-19-13-20(30(27)51-32-31(26)52-35(48)43-32)29-28(19)33(46)44(34(29)47)18-5-3-4-16(11-18)36(39,40)41/h3-12,19-20,26-30H,2,13-14H2,1H3,(H,42,45)(H,43,48)/t19-,20-,26-,27?,28?,29?,30?/m1/s1. The molecule has 2 aliphatic carbocycles. The van der Waals surface area contributed by atoms with Crippen LogP contribution in [-0.2, 0) is 20.6 Å². The Hall–Kier alpha value is -3.98. The highest BCUT2D eigenvalue weighted by atomic mass is 35.5. The zero-order valence-corrected chi connectivity index (χ0v) is 30.2. The summed E-state index contributed by atoms with van der Waals surface area (Å²) in [6, 6.07) is 14.4. The number of thioether (sulfide) groups is 1. The van der Waals surface area contributed by atoms with Gasteiger partial charge in [-0.3, -0.25) is 24.1 Å². The molecule has 270 valence electrons. The Kier molecular flexibility index (Phi) is 8.87. The second-order valence-corrected chi connectivity index (χ2v) is 16.1. The lowest BCUT2D eigenvalue weighted by Crippen LogP contribution is -2.42. The molecule has 1 saturated heterocycles. The largest absolute Gasteiger partial charge is 0.490 e. The van der Waals surface area contributed by atoms with Crippen LogP contribution in [-0.4, -0.2) is 41.2 Å². The van der Waals surface area contributed by atoms with Crippen molar-refractivity contribution in [3.63, 3.8) is 0 Å². The minimum Gasteiger partial charge on any atom is -0.490 e. The van der Waals surface area contributed by atoms with Crippen LogP contribution >= 0.6 is 46.3 Å². The number of fused-ring (bicyclic) bond motifs is 9. The van der Waals surface area contributed by atoms with Gasteiger partial charge in [0.15, 0.2) is 18.1 Å². The van der Waals surface area contributed by atoms with Crippen molar-refractivity contribution in [1.29, 1.82) is 0 Å². The van der Waals surface area contributed by atoms with Crippen LogP contribution in [0.15, 0.2) is 70.5 Å². The van der Waals surface area contributed by atoms with Gasteiger partial charge in [-0.2, -0.15) is 13.2 Å². The number of benzene rings is 3. The third-order valence-electron chi connectivity index (χ3n) is 10.3. The van der Waals surface area contributed by atoms with E-state index in [9.17, 15) is 32.3 Å². The van der Waals surface area contributed by atoms with Crippen LogP contribution in [0.2, 0.25) is 10.0 Å². The highest BCUT2D eigenvalue weighted by Crippen LogP contribution is 2.69. The molecule has 16 heteroatoms. The molecule has 2 aliphatic heterocycles. The summed E-state index contributed by atoms with van der Waals surface area (Å²) in [5.74, 6) is -3.07. The van der Waals surface area contributed by atoms with Crippen molar-refractivity contribution in [1.82, 2.24) is 4.98 Å². The average molecular weight is 791 g/mol. The van der Waals surface area contributed by atoms with Gasteiger partial charge in [0.05, 0.1) is 44.8 Å². The van der Waals surface area contributed by atoms with Gasteiger partial charge in [-0.05, 0) is 85.2 Å². The van der Waals surface area contributed by atoms with Gasteiger partial charge >= 0.3 is 11.0 Å². The molecule has 2 saturated carbocycles. The first kappa shape index (κ1) is 35.1. The van der Waals surface area contributed by atoms with Crippen LogP contribution < -0.4 is 24.6 Å².